The van der Waals surface area contributed by atoms with Gasteiger partial charge in [0.05, 0.1) is 25.8 Å². The summed E-state index contributed by atoms with van der Waals surface area (Å²) < 4.78 is 12.1. The Hall–Kier alpha value is -2.38. The molecule has 1 spiro atoms. The van der Waals surface area contributed by atoms with Gasteiger partial charge in [0.1, 0.15) is 17.6 Å². The van der Waals surface area contributed by atoms with Crippen LogP contribution in [0.15, 0.2) is 37.1 Å². The van der Waals surface area contributed by atoms with E-state index in [1.165, 1.54) is 6.33 Å². The Balaban J connectivity index is 1.31. The Morgan fingerprint density at radius 1 is 1.38 bits per heavy atom. The molecule has 2 saturated heterocycles. The second-order valence-corrected chi connectivity index (χ2v) is 7.08. The van der Waals surface area contributed by atoms with Gasteiger partial charge in [-0.05, 0) is 30.5 Å². The number of nitrogens with zero attached hydrogens (tertiary/aromatic N) is 4. The Kier molecular flexibility index (Phi) is 4.65. The molecule has 4 rings (SSSR count). The van der Waals surface area contributed by atoms with Crippen LogP contribution in [0.4, 0.5) is 0 Å². The number of amides is 1. The smallest absolute Gasteiger partial charge is 0.272 e. The number of aryl methyl sites for hydroxylation is 1. The zero-order chi connectivity index (χ0) is 18.0. The lowest BCUT2D eigenvalue weighted by Gasteiger charge is -2.52. The van der Waals surface area contributed by atoms with Gasteiger partial charge >= 0.3 is 0 Å². The van der Waals surface area contributed by atoms with Crippen LogP contribution in [0.3, 0.4) is 0 Å². The third-order valence-corrected chi connectivity index (χ3v) is 4.91. The Bertz CT molecular complexity index is 777. The molecule has 1 amide bonds. The standard InChI is InChI=1S/C19H22N4O3/c1-14-6-15(9-21-8-14)10-25-16-3-5-26-19(7-16)11-23(12-19)18(24)17-2-4-20-13-22-17/h2,4,6,8-9,13,16H,3,5,7,10-12H2,1H3. The number of aromatic nitrogens is 3. The second-order valence-electron chi connectivity index (χ2n) is 7.08. The summed E-state index contributed by atoms with van der Waals surface area (Å²) in [6, 6.07) is 3.73. The fraction of sp³-hybridized carbons (Fsp3) is 0.474. The Morgan fingerprint density at radius 2 is 2.27 bits per heavy atom. The molecule has 0 aromatic carbocycles. The molecule has 1 unspecified atom stereocenters. The number of hydrogen-bond donors (Lipinski definition) is 0. The van der Waals surface area contributed by atoms with Crippen LogP contribution in [-0.2, 0) is 16.1 Å². The SMILES string of the molecule is Cc1cncc(COC2CCOC3(C2)CN(C(=O)c2ccncn2)C3)c1. The summed E-state index contributed by atoms with van der Waals surface area (Å²) in [6.07, 6.45) is 8.47. The van der Waals surface area contributed by atoms with E-state index in [0.717, 1.165) is 24.0 Å². The fourth-order valence-corrected chi connectivity index (χ4v) is 3.63. The summed E-state index contributed by atoms with van der Waals surface area (Å²) in [4.78, 5) is 26.3. The molecule has 1 atom stereocenters. The Labute approximate surface area is 152 Å². The molecule has 2 aromatic rings. The van der Waals surface area contributed by atoms with E-state index >= 15 is 0 Å². The van der Waals surface area contributed by atoms with Crippen molar-refractivity contribution in [1.29, 1.82) is 0 Å². The van der Waals surface area contributed by atoms with Crippen LogP contribution >= 0.6 is 0 Å². The van der Waals surface area contributed by atoms with E-state index in [4.69, 9.17) is 9.47 Å². The van der Waals surface area contributed by atoms with Crippen LogP contribution in [0, 0.1) is 6.92 Å². The lowest BCUT2D eigenvalue weighted by Crippen LogP contribution is -2.67. The van der Waals surface area contributed by atoms with Gasteiger partial charge in [-0.25, -0.2) is 9.97 Å². The summed E-state index contributed by atoms with van der Waals surface area (Å²) in [5.74, 6) is -0.0736. The molecule has 0 saturated carbocycles. The molecule has 0 radical (unpaired) electrons. The zero-order valence-electron chi connectivity index (χ0n) is 14.8. The van der Waals surface area contributed by atoms with Gasteiger partial charge < -0.3 is 14.4 Å². The minimum absolute atomic E-state index is 0.0736. The van der Waals surface area contributed by atoms with Crippen LogP contribution in [0.25, 0.3) is 0 Å². The fourth-order valence-electron chi connectivity index (χ4n) is 3.63. The molecule has 0 bridgehead atoms. The highest BCUT2D eigenvalue weighted by Crippen LogP contribution is 2.36. The highest BCUT2D eigenvalue weighted by molar-refractivity contribution is 5.92. The number of likely N-dealkylation sites (tertiary alicyclic amines) is 1. The van der Waals surface area contributed by atoms with Crippen LogP contribution < -0.4 is 0 Å². The van der Waals surface area contributed by atoms with Crippen molar-refractivity contribution in [3.63, 3.8) is 0 Å². The highest BCUT2D eigenvalue weighted by atomic mass is 16.5. The topological polar surface area (TPSA) is 77.4 Å². The van der Waals surface area contributed by atoms with E-state index < -0.39 is 0 Å². The van der Waals surface area contributed by atoms with Crippen LogP contribution in [0.1, 0.15) is 34.5 Å². The first kappa shape index (κ1) is 17.1. The molecule has 7 heteroatoms. The first-order valence-electron chi connectivity index (χ1n) is 8.85. The van der Waals surface area contributed by atoms with Crippen molar-refractivity contribution in [3.8, 4) is 0 Å². The minimum Gasteiger partial charge on any atom is -0.373 e. The highest BCUT2D eigenvalue weighted by Gasteiger charge is 2.49. The number of carbonyl (C=O) groups excluding carboxylic acids is 1. The average molecular weight is 354 g/mol. The van der Waals surface area contributed by atoms with Gasteiger partial charge in [-0.3, -0.25) is 9.78 Å². The van der Waals surface area contributed by atoms with Gasteiger partial charge in [0, 0.05) is 31.6 Å². The maximum atomic E-state index is 12.4. The van der Waals surface area contributed by atoms with E-state index in [-0.39, 0.29) is 17.6 Å². The van der Waals surface area contributed by atoms with E-state index in [1.807, 2.05) is 19.3 Å². The molecule has 7 nitrogen and oxygen atoms in total. The van der Waals surface area contributed by atoms with E-state index in [9.17, 15) is 4.79 Å². The quantitative estimate of drug-likeness (QED) is 0.833. The van der Waals surface area contributed by atoms with E-state index in [0.29, 0.717) is 32.0 Å². The number of hydrogen-bond acceptors (Lipinski definition) is 6. The van der Waals surface area contributed by atoms with Crippen LogP contribution in [0.2, 0.25) is 0 Å². The predicted molar refractivity (Wildman–Crippen MR) is 93.4 cm³/mol. The molecule has 2 aromatic heterocycles. The molecule has 2 fully saturated rings. The zero-order valence-corrected chi connectivity index (χ0v) is 14.8. The van der Waals surface area contributed by atoms with E-state index in [1.54, 1.807) is 17.2 Å². The van der Waals surface area contributed by atoms with E-state index in [2.05, 4.69) is 21.0 Å². The number of ether oxygens (including phenoxy) is 2. The maximum Gasteiger partial charge on any atom is 0.272 e. The van der Waals surface area contributed by atoms with Gasteiger partial charge in [-0.2, -0.15) is 0 Å². The van der Waals surface area contributed by atoms with Gasteiger partial charge in [0.25, 0.3) is 5.91 Å². The summed E-state index contributed by atoms with van der Waals surface area (Å²) in [5, 5.41) is 0. The third kappa shape index (κ3) is 3.59. The first-order valence-corrected chi connectivity index (χ1v) is 8.85. The molecule has 0 N–H and O–H groups in total. The summed E-state index contributed by atoms with van der Waals surface area (Å²) in [5.41, 5.74) is 2.36. The third-order valence-electron chi connectivity index (χ3n) is 4.91. The molecule has 2 aliphatic heterocycles. The largest absolute Gasteiger partial charge is 0.373 e. The maximum absolute atomic E-state index is 12.4. The molecular weight excluding hydrogens is 332 g/mol. The van der Waals surface area contributed by atoms with Crippen molar-refractivity contribution in [1.82, 2.24) is 19.9 Å². The minimum atomic E-state index is -0.281. The first-order chi connectivity index (χ1) is 12.6. The lowest BCUT2D eigenvalue weighted by atomic mass is 9.84. The van der Waals surface area contributed by atoms with Crippen molar-refractivity contribution in [2.24, 2.45) is 0 Å². The summed E-state index contributed by atoms with van der Waals surface area (Å²) in [6.45, 7) is 4.41. The number of rotatable bonds is 4. The van der Waals surface area contributed by atoms with Gasteiger partial charge in [-0.15, -0.1) is 0 Å². The normalized spacial score (nSPS) is 21.4. The summed E-state index contributed by atoms with van der Waals surface area (Å²) in [7, 11) is 0. The van der Waals surface area contributed by atoms with Crippen LogP contribution in [0.5, 0.6) is 0 Å². The second kappa shape index (κ2) is 7.09. The lowest BCUT2D eigenvalue weighted by molar-refractivity contribution is -0.188. The van der Waals surface area contributed by atoms with Crippen molar-refractivity contribution in [3.05, 3.63) is 53.9 Å². The average Bonchev–Trinajstić information content (AvgIpc) is 2.65. The molecule has 0 aliphatic carbocycles. The molecule has 4 heterocycles. The van der Waals surface area contributed by atoms with Crippen molar-refractivity contribution >= 4 is 5.91 Å². The molecular formula is C19H22N4O3. The van der Waals surface area contributed by atoms with Gasteiger partial charge in [0.15, 0.2) is 0 Å². The summed E-state index contributed by atoms with van der Waals surface area (Å²) >= 11 is 0. The van der Waals surface area contributed by atoms with Crippen molar-refractivity contribution < 1.29 is 14.3 Å². The van der Waals surface area contributed by atoms with Crippen LogP contribution in [-0.4, -0.2) is 57.2 Å². The predicted octanol–water partition coefficient (Wildman–Crippen LogP) is 1.77. The van der Waals surface area contributed by atoms with Crippen molar-refractivity contribution in [2.45, 2.75) is 38.1 Å². The Morgan fingerprint density at radius 3 is 3.04 bits per heavy atom. The molecule has 2 aliphatic rings. The molecule has 26 heavy (non-hydrogen) atoms. The number of pyridine rings is 1. The monoisotopic (exact) mass is 354 g/mol. The van der Waals surface area contributed by atoms with Gasteiger partial charge in [-0.1, -0.05) is 6.07 Å². The molecule has 136 valence electrons. The number of carbonyl (C=O) groups is 1. The van der Waals surface area contributed by atoms with Gasteiger partial charge in [0.2, 0.25) is 0 Å². The van der Waals surface area contributed by atoms with Crippen molar-refractivity contribution in [2.75, 3.05) is 19.7 Å².